The van der Waals surface area contributed by atoms with Crippen LogP contribution >= 0.6 is 11.6 Å². The zero-order chi connectivity index (χ0) is 11.5. The molecular weight excluding hydrogens is 224 g/mol. The highest BCUT2D eigenvalue weighted by Gasteiger charge is 2.23. The van der Waals surface area contributed by atoms with Gasteiger partial charge in [0.25, 0.3) is 0 Å². The fourth-order valence-corrected chi connectivity index (χ4v) is 2.31. The summed E-state index contributed by atoms with van der Waals surface area (Å²) in [6, 6.07) is 2.39. The molecule has 0 bridgehead atoms. The van der Waals surface area contributed by atoms with Crippen LogP contribution in [0.2, 0.25) is 5.15 Å². The SMILES string of the molecule is CCN1CCN(c2cc(Cl)ncn2)C[C@H]1C. The number of rotatable bonds is 2. The van der Waals surface area contributed by atoms with Crippen LogP contribution in [0.5, 0.6) is 0 Å². The van der Waals surface area contributed by atoms with Gasteiger partial charge in [-0.05, 0) is 13.5 Å². The summed E-state index contributed by atoms with van der Waals surface area (Å²) in [6.45, 7) is 8.65. The highest BCUT2D eigenvalue weighted by molar-refractivity contribution is 6.29. The summed E-state index contributed by atoms with van der Waals surface area (Å²) in [5.74, 6) is 0.933. The molecule has 2 heterocycles. The molecule has 16 heavy (non-hydrogen) atoms. The Balaban J connectivity index is 2.07. The van der Waals surface area contributed by atoms with Crippen molar-refractivity contribution in [3.63, 3.8) is 0 Å². The van der Waals surface area contributed by atoms with E-state index in [1.54, 1.807) is 0 Å². The number of aromatic nitrogens is 2. The van der Waals surface area contributed by atoms with Gasteiger partial charge in [0, 0.05) is 31.7 Å². The summed E-state index contributed by atoms with van der Waals surface area (Å²) in [7, 11) is 0. The number of likely N-dealkylation sites (N-methyl/N-ethyl adjacent to an activating group) is 1. The van der Waals surface area contributed by atoms with E-state index in [2.05, 4.69) is 33.6 Å². The van der Waals surface area contributed by atoms with Crippen LogP contribution in [0.1, 0.15) is 13.8 Å². The van der Waals surface area contributed by atoms with Gasteiger partial charge in [0.15, 0.2) is 0 Å². The van der Waals surface area contributed by atoms with Crippen LogP contribution in [-0.4, -0.2) is 47.1 Å². The van der Waals surface area contributed by atoms with Gasteiger partial charge in [0.1, 0.15) is 17.3 Å². The average molecular weight is 241 g/mol. The number of anilines is 1. The third kappa shape index (κ3) is 2.44. The van der Waals surface area contributed by atoms with Crippen molar-refractivity contribution in [3.8, 4) is 0 Å². The fraction of sp³-hybridized carbons (Fsp3) is 0.636. The van der Waals surface area contributed by atoms with Gasteiger partial charge in [-0.15, -0.1) is 0 Å². The minimum absolute atomic E-state index is 0.510. The molecule has 5 heteroatoms. The number of nitrogens with zero attached hydrogens (tertiary/aromatic N) is 4. The molecule has 1 aromatic rings. The summed E-state index contributed by atoms with van der Waals surface area (Å²) >= 11 is 5.87. The van der Waals surface area contributed by atoms with Crippen LogP contribution in [-0.2, 0) is 0 Å². The number of halogens is 1. The van der Waals surface area contributed by atoms with Crippen LogP contribution in [0.25, 0.3) is 0 Å². The number of hydrogen-bond acceptors (Lipinski definition) is 4. The highest BCUT2D eigenvalue weighted by Crippen LogP contribution is 2.18. The smallest absolute Gasteiger partial charge is 0.134 e. The van der Waals surface area contributed by atoms with Crippen molar-refractivity contribution in [2.75, 3.05) is 31.1 Å². The van der Waals surface area contributed by atoms with Gasteiger partial charge < -0.3 is 4.90 Å². The van der Waals surface area contributed by atoms with Crippen molar-refractivity contribution in [2.45, 2.75) is 19.9 Å². The molecule has 4 nitrogen and oxygen atoms in total. The number of piperazine rings is 1. The standard InChI is InChI=1S/C11H17ClN4/c1-3-15-4-5-16(7-9(15)2)11-6-10(12)13-8-14-11/h6,8-9H,3-5,7H2,1-2H3/t9-/m1/s1. The van der Waals surface area contributed by atoms with Crippen molar-refractivity contribution >= 4 is 17.4 Å². The molecule has 0 radical (unpaired) electrons. The van der Waals surface area contributed by atoms with Crippen molar-refractivity contribution in [1.29, 1.82) is 0 Å². The van der Waals surface area contributed by atoms with Gasteiger partial charge in [-0.3, -0.25) is 4.90 Å². The molecule has 2 rings (SSSR count). The molecule has 0 aromatic carbocycles. The Bertz CT molecular complexity index is 358. The first-order valence-electron chi connectivity index (χ1n) is 5.67. The Kier molecular flexibility index (Phi) is 3.61. The van der Waals surface area contributed by atoms with E-state index in [1.165, 1.54) is 6.33 Å². The summed E-state index contributed by atoms with van der Waals surface area (Å²) in [5, 5.41) is 0.510. The predicted molar refractivity (Wildman–Crippen MR) is 66.0 cm³/mol. The maximum absolute atomic E-state index is 5.87. The quantitative estimate of drug-likeness (QED) is 0.736. The lowest BCUT2D eigenvalue weighted by molar-refractivity contribution is 0.199. The predicted octanol–water partition coefficient (Wildman–Crippen LogP) is 1.66. The Morgan fingerprint density at radius 1 is 1.44 bits per heavy atom. The van der Waals surface area contributed by atoms with E-state index in [-0.39, 0.29) is 0 Å². The molecule has 1 atom stereocenters. The second-order valence-electron chi connectivity index (χ2n) is 4.12. The Morgan fingerprint density at radius 3 is 2.88 bits per heavy atom. The van der Waals surface area contributed by atoms with Crippen molar-refractivity contribution < 1.29 is 0 Å². The van der Waals surface area contributed by atoms with Gasteiger partial charge >= 0.3 is 0 Å². The summed E-state index contributed by atoms with van der Waals surface area (Å²) in [4.78, 5) is 12.9. The van der Waals surface area contributed by atoms with Crippen LogP contribution in [0.4, 0.5) is 5.82 Å². The van der Waals surface area contributed by atoms with Crippen molar-refractivity contribution in [3.05, 3.63) is 17.5 Å². The molecule has 88 valence electrons. The minimum Gasteiger partial charge on any atom is -0.354 e. The first-order valence-corrected chi connectivity index (χ1v) is 6.05. The van der Waals surface area contributed by atoms with E-state index >= 15 is 0 Å². The largest absolute Gasteiger partial charge is 0.354 e. The van der Waals surface area contributed by atoms with Crippen molar-refractivity contribution in [1.82, 2.24) is 14.9 Å². The zero-order valence-electron chi connectivity index (χ0n) is 9.73. The molecule has 0 unspecified atom stereocenters. The molecule has 1 aliphatic heterocycles. The molecule has 0 N–H and O–H groups in total. The average Bonchev–Trinajstić information content (AvgIpc) is 2.29. The Hall–Kier alpha value is -0.870. The van der Waals surface area contributed by atoms with E-state index in [9.17, 15) is 0 Å². The minimum atomic E-state index is 0.510. The maximum Gasteiger partial charge on any atom is 0.134 e. The summed E-state index contributed by atoms with van der Waals surface area (Å²) in [6.07, 6.45) is 1.52. The van der Waals surface area contributed by atoms with Gasteiger partial charge in [0.2, 0.25) is 0 Å². The van der Waals surface area contributed by atoms with E-state index in [0.29, 0.717) is 11.2 Å². The lowest BCUT2D eigenvalue weighted by Gasteiger charge is -2.39. The van der Waals surface area contributed by atoms with E-state index in [4.69, 9.17) is 11.6 Å². The van der Waals surface area contributed by atoms with Gasteiger partial charge in [-0.1, -0.05) is 18.5 Å². The van der Waals surface area contributed by atoms with Crippen molar-refractivity contribution in [2.24, 2.45) is 0 Å². The molecule has 1 aliphatic rings. The van der Waals surface area contributed by atoms with Crippen LogP contribution < -0.4 is 4.90 Å². The molecule has 1 saturated heterocycles. The highest BCUT2D eigenvalue weighted by atomic mass is 35.5. The third-order valence-corrected chi connectivity index (χ3v) is 3.32. The zero-order valence-corrected chi connectivity index (χ0v) is 10.5. The van der Waals surface area contributed by atoms with E-state index in [0.717, 1.165) is 32.0 Å². The molecule has 0 saturated carbocycles. The second kappa shape index (κ2) is 4.97. The van der Waals surface area contributed by atoms with E-state index < -0.39 is 0 Å². The number of hydrogen-bond donors (Lipinski definition) is 0. The van der Waals surface area contributed by atoms with Gasteiger partial charge in [-0.2, -0.15) is 0 Å². The lowest BCUT2D eigenvalue weighted by Crippen LogP contribution is -2.52. The molecular formula is C11H17ClN4. The molecule has 0 aliphatic carbocycles. The fourth-order valence-electron chi connectivity index (χ4n) is 2.17. The summed E-state index contributed by atoms with van der Waals surface area (Å²) < 4.78 is 0. The first kappa shape index (κ1) is 11.6. The summed E-state index contributed by atoms with van der Waals surface area (Å²) in [5.41, 5.74) is 0. The molecule has 1 fully saturated rings. The molecule has 0 spiro atoms. The van der Waals surface area contributed by atoms with Crippen LogP contribution in [0.3, 0.4) is 0 Å². The van der Waals surface area contributed by atoms with E-state index in [1.807, 2.05) is 6.07 Å². The Labute approximate surface area is 101 Å². The van der Waals surface area contributed by atoms with Crippen LogP contribution in [0.15, 0.2) is 12.4 Å². The van der Waals surface area contributed by atoms with Gasteiger partial charge in [0.05, 0.1) is 0 Å². The van der Waals surface area contributed by atoms with Crippen LogP contribution in [0, 0.1) is 0 Å². The third-order valence-electron chi connectivity index (χ3n) is 3.11. The van der Waals surface area contributed by atoms with Gasteiger partial charge in [-0.25, -0.2) is 9.97 Å². The monoisotopic (exact) mass is 240 g/mol. The normalized spacial score (nSPS) is 22.4. The lowest BCUT2D eigenvalue weighted by atomic mass is 10.2. The Morgan fingerprint density at radius 2 is 2.25 bits per heavy atom. The molecule has 1 aromatic heterocycles. The topological polar surface area (TPSA) is 32.3 Å². The maximum atomic E-state index is 5.87. The first-order chi connectivity index (χ1) is 7.70. The second-order valence-corrected chi connectivity index (χ2v) is 4.51. The molecule has 0 amide bonds.